The van der Waals surface area contributed by atoms with Gasteiger partial charge in [-0.2, -0.15) is 0 Å². The summed E-state index contributed by atoms with van der Waals surface area (Å²) in [5.74, 6) is 0.814. The lowest BCUT2D eigenvalue weighted by Gasteiger charge is -2.48. The van der Waals surface area contributed by atoms with Crippen LogP contribution >= 0.6 is 0 Å². The summed E-state index contributed by atoms with van der Waals surface area (Å²) in [6.07, 6.45) is 2.87. The van der Waals surface area contributed by atoms with Gasteiger partial charge >= 0.3 is 0 Å². The Morgan fingerprint density at radius 2 is 1.59 bits per heavy atom. The van der Waals surface area contributed by atoms with E-state index in [1.165, 1.54) is 0 Å². The van der Waals surface area contributed by atoms with Crippen LogP contribution in [0.4, 0.5) is 0 Å². The van der Waals surface area contributed by atoms with E-state index < -0.39 is 14.6 Å². The van der Waals surface area contributed by atoms with E-state index >= 15 is 0 Å². The largest absolute Gasteiger partial charge is 0.497 e. The highest BCUT2D eigenvalue weighted by molar-refractivity contribution is 6.77. The Balaban J connectivity index is 1.82. The maximum atomic E-state index is 7.03. The van der Waals surface area contributed by atoms with Crippen LogP contribution in [-0.4, -0.2) is 40.3 Å². The third-order valence-electron chi connectivity index (χ3n) is 6.34. The van der Waals surface area contributed by atoms with Crippen molar-refractivity contribution in [2.75, 3.05) is 13.7 Å². The quantitative estimate of drug-likeness (QED) is 0.539. The van der Waals surface area contributed by atoms with Crippen LogP contribution in [0.25, 0.3) is 0 Å². The van der Waals surface area contributed by atoms with Crippen LogP contribution in [0.3, 0.4) is 0 Å². The van der Waals surface area contributed by atoms with Crippen molar-refractivity contribution in [3.05, 3.63) is 42.2 Å². The highest BCUT2D eigenvalue weighted by Gasteiger charge is 2.50. The molecule has 162 valence electrons. The van der Waals surface area contributed by atoms with Crippen LogP contribution < -0.4 is 4.74 Å². The minimum Gasteiger partial charge on any atom is -0.497 e. The van der Waals surface area contributed by atoms with Gasteiger partial charge in [0.05, 0.1) is 26.1 Å². The first-order chi connectivity index (χ1) is 13.8. The number of benzene rings is 1. The van der Waals surface area contributed by atoms with Crippen LogP contribution in [0, 0.1) is 0 Å². The molecule has 0 unspecified atom stereocenters. The summed E-state index contributed by atoms with van der Waals surface area (Å²) in [4.78, 5) is 0. The van der Waals surface area contributed by atoms with Gasteiger partial charge in [0.1, 0.15) is 11.9 Å². The van der Waals surface area contributed by atoms with Gasteiger partial charge in [-0.05, 0) is 34.8 Å². The molecule has 3 rings (SSSR count). The third kappa shape index (κ3) is 4.40. The van der Waals surface area contributed by atoms with Gasteiger partial charge in [0.25, 0.3) is 0 Å². The molecule has 29 heavy (non-hydrogen) atoms. The second-order valence-corrected chi connectivity index (χ2v) is 14.3. The van der Waals surface area contributed by atoms with Gasteiger partial charge in [-0.15, -0.1) is 0 Å². The number of hydrogen-bond acceptors (Lipinski definition) is 5. The second-order valence-electron chi connectivity index (χ2n) is 8.94. The molecular weight excluding hydrogens is 384 g/mol. The average molecular weight is 421 g/mol. The number of hydrogen-bond donors (Lipinski definition) is 0. The maximum Gasteiger partial charge on any atom is 0.201 e. The van der Waals surface area contributed by atoms with Crippen LogP contribution in [0.5, 0.6) is 5.75 Å². The van der Waals surface area contributed by atoms with Crippen molar-refractivity contribution < 1.29 is 23.4 Å². The summed E-state index contributed by atoms with van der Waals surface area (Å²) < 4.78 is 30.5. The highest BCUT2D eigenvalue weighted by Crippen LogP contribution is 2.45. The molecule has 2 heterocycles. The SMILES string of the molecule is COc1ccc([C@@H]2OC[C@H]3OC=C[C@@H](O[Si](C(C)C)(C(C)C)C(C)C)[C@@H]3O2)cc1. The lowest BCUT2D eigenvalue weighted by molar-refractivity contribution is -0.275. The smallest absolute Gasteiger partial charge is 0.201 e. The summed E-state index contributed by atoms with van der Waals surface area (Å²) in [6, 6.07) is 7.81. The van der Waals surface area contributed by atoms with Gasteiger partial charge in [-0.3, -0.25) is 0 Å². The lowest BCUT2D eigenvalue weighted by Crippen LogP contribution is -2.57. The molecule has 1 aromatic rings. The molecule has 0 aliphatic carbocycles. The predicted octanol–water partition coefficient (Wildman–Crippen LogP) is 5.58. The zero-order chi connectivity index (χ0) is 21.2. The fourth-order valence-electron chi connectivity index (χ4n) is 4.97. The van der Waals surface area contributed by atoms with E-state index in [4.69, 9.17) is 23.4 Å². The minimum atomic E-state index is -2.05. The van der Waals surface area contributed by atoms with Crippen molar-refractivity contribution in [3.63, 3.8) is 0 Å². The summed E-state index contributed by atoms with van der Waals surface area (Å²) in [7, 11) is -0.387. The Kier molecular flexibility index (Phi) is 7.09. The maximum absolute atomic E-state index is 7.03. The molecule has 1 aromatic carbocycles. The average Bonchev–Trinajstić information content (AvgIpc) is 2.71. The first-order valence-corrected chi connectivity index (χ1v) is 12.8. The van der Waals surface area contributed by atoms with Crippen molar-refractivity contribution in [1.29, 1.82) is 0 Å². The van der Waals surface area contributed by atoms with Gasteiger partial charge in [0.15, 0.2) is 12.4 Å². The summed E-state index contributed by atoms with van der Waals surface area (Å²) in [5.41, 5.74) is 2.50. The summed E-state index contributed by atoms with van der Waals surface area (Å²) in [6.45, 7) is 14.3. The molecule has 1 fully saturated rings. The molecule has 1 saturated heterocycles. The second kappa shape index (κ2) is 9.21. The van der Waals surface area contributed by atoms with E-state index in [1.54, 1.807) is 13.4 Å². The molecule has 0 radical (unpaired) electrons. The molecule has 0 spiro atoms. The van der Waals surface area contributed by atoms with E-state index in [9.17, 15) is 0 Å². The first-order valence-electron chi connectivity index (χ1n) is 10.7. The molecule has 0 N–H and O–H groups in total. The molecular formula is C23H36O5Si. The van der Waals surface area contributed by atoms with Gasteiger partial charge in [0.2, 0.25) is 8.32 Å². The molecule has 0 amide bonds. The normalized spacial score (nSPS) is 27.2. The van der Waals surface area contributed by atoms with Crippen molar-refractivity contribution in [3.8, 4) is 5.75 Å². The van der Waals surface area contributed by atoms with Gasteiger partial charge in [-0.1, -0.05) is 53.7 Å². The fraction of sp³-hybridized carbons (Fsp3) is 0.652. The Morgan fingerprint density at radius 3 is 2.14 bits per heavy atom. The topological polar surface area (TPSA) is 46.2 Å². The molecule has 0 aromatic heterocycles. The fourth-order valence-corrected chi connectivity index (χ4v) is 10.5. The number of methoxy groups -OCH3 is 1. The van der Waals surface area contributed by atoms with E-state index in [1.807, 2.05) is 30.3 Å². The minimum absolute atomic E-state index is 0.128. The number of rotatable bonds is 7. The molecule has 0 saturated carbocycles. The molecule has 6 heteroatoms. The van der Waals surface area contributed by atoms with Crippen LogP contribution in [0.1, 0.15) is 53.4 Å². The first kappa shape index (κ1) is 22.3. The van der Waals surface area contributed by atoms with Gasteiger partial charge in [-0.25, -0.2) is 0 Å². The van der Waals surface area contributed by atoms with Crippen LogP contribution in [0.2, 0.25) is 16.6 Å². The van der Waals surface area contributed by atoms with E-state index in [0.717, 1.165) is 11.3 Å². The molecule has 2 aliphatic rings. The number of ether oxygens (including phenoxy) is 4. The molecule has 2 aliphatic heterocycles. The Bertz CT molecular complexity index is 663. The molecule has 5 nitrogen and oxygen atoms in total. The van der Waals surface area contributed by atoms with Crippen molar-refractivity contribution >= 4 is 8.32 Å². The Morgan fingerprint density at radius 1 is 0.966 bits per heavy atom. The van der Waals surface area contributed by atoms with E-state index in [0.29, 0.717) is 23.2 Å². The lowest BCUT2D eigenvalue weighted by atomic mass is 10.0. The highest BCUT2D eigenvalue weighted by atomic mass is 28.4. The van der Waals surface area contributed by atoms with Gasteiger partial charge in [0, 0.05) is 5.56 Å². The van der Waals surface area contributed by atoms with Crippen LogP contribution in [-0.2, 0) is 18.6 Å². The Hall–Kier alpha value is -1.34. The standard InChI is InChI=1S/C23H36O5Si/c1-15(2)29(16(3)4,17(5)6)28-20-12-13-25-21-14-26-23(27-22(20)21)18-8-10-19(24-7)11-9-18/h8-13,15-17,20-23H,14H2,1-7H3/t20-,21-,22+,23-/m1/s1. The predicted molar refractivity (Wildman–Crippen MR) is 116 cm³/mol. The summed E-state index contributed by atoms with van der Waals surface area (Å²) in [5, 5.41) is 0. The summed E-state index contributed by atoms with van der Waals surface area (Å²) >= 11 is 0. The zero-order valence-electron chi connectivity index (χ0n) is 18.8. The monoisotopic (exact) mass is 420 g/mol. The third-order valence-corrected chi connectivity index (χ3v) is 12.4. The van der Waals surface area contributed by atoms with E-state index in [-0.39, 0.29) is 18.3 Å². The number of fused-ring (bicyclic) bond motifs is 1. The Labute approximate surface area is 176 Å². The van der Waals surface area contributed by atoms with Gasteiger partial charge < -0.3 is 23.4 Å². The molecule has 0 bridgehead atoms. The van der Waals surface area contributed by atoms with Crippen molar-refractivity contribution in [2.24, 2.45) is 0 Å². The van der Waals surface area contributed by atoms with E-state index in [2.05, 4.69) is 41.5 Å². The van der Waals surface area contributed by atoms with Crippen molar-refractivity contribution in [2.45, 2.75) is 82.8 Å². The molecule has 4 atom stereocenters. The zero-order valence-corrected chi connectivity index (χ0v) is 19.8. The van der Waals surface area contributed by atoms with Crippen molar-refractivity contribution in [1.82, 2.24) is 0 Å². The van der Waals surface area contributed by atoms with Crippen LogP contribution in [0.15, 0.2) is 36.6 Å².